The highest BCUT2D eigenvalue weighted by molar-refractivity contribution is 7.85. The smallest absolute Gasteiger partial charge is 0.333 e. The monoisotopic (exact) mass is 647 g/mol. The number of carbonyl (C=O) groups is 3. The van der Waals surface area contributed by atoms with Crippen LogP contribution in [0.2, 0.25) is 0 Å². The molecule has 1 fully saturated rings. The first-order valence-corrected chi connectivity index (χ1v) is 17.2. The number of carbonyl (C=O) groups excluding carboxylic acids is 3. The third kappa shape index (κ3) is 6.18. The third-order valence-corrected chi connectivity index (χ3v) is 10.1. The minimum atomic E-state index is -4.57. The number of fused-ring (bicyclic) bond motifs is 2. The lowest BCUT2D eigenvalue weighted by molar-refractivity contribution is -0.438. The number of rotatable bonds is 11. The number of nitrogens with zero attached hydrogens (tertiary/aromatic N) is 3. The van der Waals surface area contributed by atoms with Gasteiger partial charge in [-0.05, 0) is 63.5 Å². The van der Waals surface area contributed by atoms with Crippen molar-refractivity contribution in [3.8, 4) is 0 Å². The van der Waals surface area contributed by atoms with Crippen molar-refractivity contribution in [1.82, 2.24) is 5.06 Å². The summed E-state index contributed by atoms with van der Waals surface area (Å²) in [6, 6.07) is 12.9. The molecule has 0 N–H and O–H groups in total. The van der Waals surface area contributed by atoms with Crippen LogP contribution in [0.4, 0.5) is 11.4 Å². The van der Waals surface area contributed by atoms with Crippen LogP contribution in [-0.2, 0) is 40.2 Å². The van der Waals surface area contributed by atoms with Crippen LogP contribution in [0.5, 0.6) is 0 Å². The fraction of sp³-hybridized carbons (Fsp3) is 0.429. The summed E-state index contributed by atoms with van der Waals surface area (Å²) in [6.07, 6.45) is 8.66. The van der Waals surface area contributed by atoms with Gasteiger partial charge in [0.15, 0.2) is 5.71 Å². The summed E-state index contributed by atoms with van der Waals surface area (Å²) in [6.45, 7) is 11.9. The van der Waals surface area contributed by atoms with Gasteiger partial charge in [-0.3, -0.25) is 9.59 Å². The van der Waals surface area contributed by atoms with E-state index in [-0.39, 0.29) is 29.6 Å². The molecule has 1 saturated heterocycles. The summed E-state index contributed by atoms with van der Waals surface area (Å²) in [5, 5.41) is 0.591. The van der Waals surface area contributed by atoms with Gasteiger partial charge < -0.3 is 14.3 Å². The highest BCUT2D eigenvalue weighted by Gasteiger charge is 2.44. The van der Waals surface area contributed by atoms with Crippen molar-refractivity contribution >= 4 is 45.0 Å². The first kappa shape index (κ1) is 33.3. The second-order valence-electron chi connectivity index (χ2n) is 12.9. The minimum Gasteiger partial charge on any atom is -0.744 e. The molecule has 0 spiro atoms. The van der Waals surface area contributed by atoms with E-state index in [9.17, 15) is 27.4 Å². The molecular formula is C35H41N3O7S. The molecule has 46 heavy (non-hydrogen) atoms. The van der Waals surface area contributed by atoms with Gasteiger partial charge in [-0.2, -0.15) is 4.58 Å². The second-order valence-corrected chi connectivity index (χ2v) is 14.3. The van der Waals surface area contributed by atoms with Gasteiger partial charge in [0.05, 0.1) is 10.3 Å². The van der Waals surface area contributed by atoms with Crippen LogP contribution >= 0.6 is 0 Å². The molecule has 2 amide bonds. The Bertz CT molecular complexity index is 1770. The average molecular weight is 648 g/mol. The van der Waals surface area contributed by atoms with Crippen LogP contribution in [0.15, 0.2) is 71.3 Å². The van der Waals surface area contributed by atoms with E-state index in [1.807, 2.05) is 39.0 Å². The second kappa shape index (κ2) is 12.6. The van der Waals surface area contributed by atoms with Crippen LogP contribution in [0.1, 0.15) is 84.3 Å². The van der Waals surface area contributed by atoms with Crippen LogP contribution in [-0.4, -0.2) is 59.2 Å². The Kier molecular flexibility index (Phi) is 9.12. The fourth-order valence-electron chi connectivity index (χ4n) is 6.78. The van der Waals surface area contributed by atoms with Gasteiger partial charge in [-0.25, -0.2) is 13.2 Å². The lowest BCUT2D eigenvalue weighted by atomic mass is 9.81. The maximum absolute atomic E-state index is 12.2. The molecule has 0 atom stereocenters. The minimum absolute atomic E-state index is 0.0717. The van der Waals surface area contributed by atoms with E-state index in [0.717, 1.165) is 47.7 Å². The molecule has 3 aliphatic heterocycles. The first-order chi connectivity index (χ1) is 21.7. The normalized spacial score (nSPS) is 19.5. The Balaban J connectivity index is 1.34. The lowest BCUT2D eigenvalue weighted by Crippen LogP contribution is -2.31. The maximum Gasteiger partial charge on any atom is 0.333 e. The van der Waals surface area contributed by atoms with Crippen LogP contribution in [0, 0.1) is 0 Å². The van der Waals surface area contributed by atoms with Gasteiger partial charge in [0.25, 0.3) is 11.8 Å². The summed E-state index contributed by atoms with van der Waals surface area (Å²) < 4.78 is 37.6. The zero-order valence-electron chi connectivity index (χ0n) is 27.0. The lowest BCUT2D eigenvalue weighted by Gasteiger charge is -2.25. The summed E-state index contributed by atoms with van der Waals surface area (Å²) in [4.78, 5) is 42.6. The van der Waals surface area contributed by atoms with E-state index >= 15 is 0 Å². The van der Waals surface area contributed by atoms with Gasteiger partial charge in [0.2, 0.25) is 5.69 Å². The number of hydrogen-bond donors (Lipinski definition) is 0. The predicted octanol–water partition coefficient (Wildman–Crippen LogP) is 5.39. The standard InChI is InChI=1S/C35H41N3O7S/c1-6-36-28-19-18-24(46(42,43)44)23-26(28)35(4,5)29(36)15-12-16-30-34(2,3)25-13-9-10-14-27(25)37(30)22-11-7-8-17-33(41)45-38-31(39)20-21-32(38)40/h9-10,12-16,18-19,23H,6-8,11,17,20-22H2,1-5H3. The Morgan fingerprint density at radius 2 is 1.67 bits per heavy atom. The summed E-state index contributed by atoms with van der Waals surface area (Å²) in [5.74, 6) is -1.54. The molecule has 3 aliphatic rings. The summed E-state index contributed by atoms with van der Waals surface area (Å²) >= 11 is 0. The Labute approximate surface area is 270 Å². The van der Waals surface area contributed by atoms with Gasteiger partial charge in [-0.1, -0.05) is 38.1 Å². The molecule has 0 saturated carbocycles. The van der Waals surface area contributed by atoms with Crippen LogP contribution in [0.3, 0.4) is 0 Å². The first-order valence-electron chi connectivity index (χ1n) is 15.8. The zero-order valence-corrected chi connectivity index (χ0v) is 27.9. The van der Waals surface area contributed by atoms with E-state index in [1.54, 1.807) is 6.07 Å². The number of para-hydroxylation sites is 1. The van der Waals surface area contributed by atoms with E-state index < -0.39 is 33.3 Å². The van der Waals surface area contributed by atoms with Crippen molar-refractivity contribution in [2.45, 2.75) is 88.9 Å². The van der Waals surface area contributed by atoms with E-state index in [1.165, 1.54) is 17.7 Å². The number of benzene rings is 2. The van der Waals surface area contributed by atoms with Crippen molar-refractivity contribution < 1.29 is 36.8 Å². The average Bonchev–Trinajstić information content (AvgIpc) is 3.51. The van der Waals surface area contributed by atoms with Gasteiger partial charge >= 0.3 is 5.97 Å². The molecule has 3 heterocycles. The summed E-state index contributed by atoms with van der Waals surface area (Å²) in [7, 11) is -4.57. The number of unbranched alkanes of at least 4 members (excludes halogenated alkanes) is 2. The number of anilines is 1. The van der Waals surface area contributed by atoms with Crippen molar-refractivity contribution in [3.63, 3.8) is 0 Å². The maximum atomic E-state index is 12.2. The summed E-state index contributed by atoms with van der Waals surface area (Å²) in [5.41, 5.74) is 5.41. The predicted molar refractivity (Wildman–Crippen MR) is 173 cm³/mol. The highest BCUT2D eigenvalue weighted by Crippen LogP contribution is 2.48. The molecule has 5 rings (SSSR count). The largest absolute Gasteiger partial charge is 0.744 e. The van der Waals surface area contributed by atoms with Gasteiger partial charge in [0.1, 0.15) is 16.7 Å². The van der Waals surface area contributed by atoms with Gasteiger partial charge in [0, 0.05) is 66.7 Å². The topological polar surface area (TPSA) is 127 Å². The molecule has 11 heteroatoms. The Morgan fingerprint density at radius 3 is 2.35 bits per heavy atom. The van der Waals surface area contributed by atoms with Gasteiger partial charge in [-0.15, -0.1) is 5.06 Å². The van der Waals surface area contributed by atoms with Crippen molar-refractivity contribution in [1.29, 1.82) is 0 Å². The van der Waals surface area contributed by atoms with Crippen molar-refractivity contribution in [2.75, 3.05) is 18.0 Å². The van der Waals surface area contributed by atoms with Crippen LogP contribution < -0.4 is 4.90 Å². The molecule has 2 aromatic rings. The number of hydrogen-bond acceptors (Lipinski definition) is 8. The number of amides is 2. The fourth-order valence-corrected chi connectivity index (χ4v) is 7.28. The molecule has 244 valence electrons. The number of hydroxylamine groups is 2. The van der Waals surface area contributed by atoms with Crippen molar-refractivity contribution in [2.24, 2.45) is 0 Å². The quantitative estimate of drug-likeness (QED) is 0.138. The Hall–Kier alpha value is -4.09. The molecule has 0 bridgehead atoms. The zero-order chi connectivity index (χ0) is 33.4. The number of allylic oxidation sites excluding steroid dienone is 4. The van der Waals surface area contributed by atoms with E-state index in [4.69, 9.17) is 4.84 Å². The molecule has 10 nitrogen and oxygen atoms in total. The number of imide groups is 1. The molecule has 0 radical (unpaired) electrons. The molecule has 2 aromatic carbocycles. The molecular weight excluding hydrogens is 606 g/mol. The number of likely N-dealkylation sites (N-methyl/N-ethyl adjacent to an activating group) is 1. The van der Waals surface area contributed by atoms with Crippen molar-refractivity contribution in [3.05, 3.63) is 77.5 Å². The Morgan fingerprint density at radius 1 is 0.978 bits per heavy atom. The molecule has 0 aromatic heterocycles. The highest BCUT2D eigenvalue weighted by atomic mass is 32.2. The molecule has 0 unspecified atom stereocenters. The van der Waals surface area contributed by atoms with Crippen LogP contribution in [0.25, 0.3) is 0 Å². The van der Waals surface area contributed by atoms with E-state index in [0.29, 0.717) is 18.0 Å². The molecule has 0 aliphatic carbocycles. The SMILES string of the molecule is CCN1/C(=C/C=C/C2=[N+](CCCCCC(=O)ON3C(=O)CCC3=O)c3ccccc3C2(C)C)C(C)(C)c2cc(S(=O)(=O)[O-])ccc21. The van der Waals surface area contributed by atoms with E-state index in [2.05, 4.69) is 47.6 Å². The third-order valence-electron chi connectivity index (χ3n) is 9.24.